The second-order valence-corrected chi connectivity index (χ2v) is 10.2. The Kier molecular flexibility index (Phi) is 7.40. The van der Waals surface area contributed by atoms with E-state index in [0.29, 0.717) is 36.6 Å². The van der Waals surface area contributed by atoms with E-state index in [9.17, 15) is 18.0 Å². The van der Waals surface area contributed by atoms with Crippen molar-refractivity contribution in [2.24, 2.45) is 0 Å². The van der Waals surface area contributed by atoms with Gasteiger partial charge in [-0.25, -0.2) is 8.42 Å². The summed E-state index contributed by atoms with van der Waals surface area (Å²) in [5.41, 5.74) is 0.569. The van der Waals surface area contributed by atoms with Crippen LogP contribution in [-0.4, -0.2) is 50.7 Å². The molecule has 9 heteroatoms. The van der Waals surface area contributed by atoms with Gasteiger partial charge in [-0.15, -0.1) is 11.3 Å². The number of carbonyl (C=O) groups excluding carboxylic acids is 2. The third-order valence-electron chi connectivity index (χ3n) is 4.65. The van der Waals surface area contributed by atoms with Gasteiger partial charge in [0.05, 0.1) is 6.42 Å². The molecule has 1 aromatic heterocycles. The van der Waals surface area contributed by atoms with Crippen molar-refractivity contribution in [3.05, 3.63) is 52.9 Å². The van der Waals surface area contributed by atoms with Crippen molar-refractivity contribution in [3.8, 4) is 0 Å². The van der Waals surface area contributed by atoms with E-state index in [1.807, 2.05) is 6.07 Å². The van der Waals surface area contributed by atoms with Gasteiger partial charge < -0.3 is 10.6 Å². The van der Waals surface area contributed by atoms with Crippen LogP contribution in [0.1, 0.15) is 34.5 Å². The highest BCUT2D eigenvalue weighted by Gasteiger charge is 2.27. The third kappa shape index (κ3) is 5.88. The molecule has 1 saturated heterocycles. The van der Waals surface area contributed by atoms with Gasteiger partial charge in [-0.1, -0.05) is 24.6 Å². The van der Waals surface area contributed by atoms with E-state index in [1.54, 1.807) is 36.4 Å². The number of hydrogen-bond donors (Lipinski definition) is 2. The zero-order valence-electron chi connectivity index (χ0n) is 16.1. The van der Waals surface area contributed by atoms with Gasteiger partial charge in [-0.05, 0) is 37.1 Å². The lowest BCUT2D eigenvalue weighted by Gasteiger charge is -2.25. The van der Waals surface area contributed by atoms with Gasteiger partial charge in [0, 0.05) is 36.6 Å². The topological polar surface area (TPSA) is 95.6 Å². The lowest BCUT2D eigenvalue weighted by atomic mass is 10.2. The molecular weight excluding hydrogens is 410 g/mol. The fraction of sp³-hybridized carbons (Fsp3) is 0.400. The molecule has 0 atom stereocenters. The van der Waals surface area contributed by atoms with Crippen LogP contribution in [-0.2, 0) is 21.2 Å². The van der Waals surface area contributed by atoms with Crippen LogP contribution in [0.15, 0.2) is 46.7 Å². The molecule has 0 aliphatic carbocycles. The van der Waals surface area contributed by atoms with Crippen LogP contribution in [0.5, 0.6) is 0 Å². The zero-order valence-corrected chi connectivity index (χ0v) is 17.7. The summed E-state index contributed by atoms with van der Waals surface area (Å²) in [7, 11) is -3.46. The van der Waals surface area contributed by atoms with Gasteiger partial charge in [0.25, 0.3) is 15.9 Å². The molecule has 1 fully saturated rings. The fourth-order valence-electron chi connectivity index (χ4n) is 3.11. The number of thiophene rings is 1. The lowest BCUT2D eigenvalue weighted by molar-refractivity contribution is -0.120. The number of nitrogens with one attached hydrogen (secondary N) is 2. The summed E-state index contributed by atoms with van der Waals surface area (Å²) in [4.78, 5) is 24.7. The highest BCUT2D eigenvalue weighted by Crippen LogP contribution is 2.27. The largest absolute Gasteiger partial charge is 0.354 e. The first-order valence-corrected chi connectivity index (χ1v) is 11.9. The Morgan fingerprint density at radius 1 is 0.931 bits per heavy atom. The third-order valence-corrected chi connectivity index (χ3v) is 8.10. The molecule has 156 valence electrons. The molecule has 2 N–H and O–H groups in total. The lowest BCUT2D eigenvalue weighted by Crippen LogP contribution is -2.35. The maximum absolute atomic E-state index is 12.7. The van der Waals surface area contributed by atoms with Crippen LogP contribution in [0, 0.1) is 0 Å². The average molecular weight is 436 g/mol. The van der Waals surface area contributed by atoms with Gasteiger partial charge in [-0.2, -0.15) is 4.31 Å². The second-order valence-electron chi connectivity index (χ2n) is 6.83. The van der Waals surface area contributed by atoms with Crippen LogP contribution in [0.3, 0.4) is 0 Å². The van der Waals surface area contributed by atoms with Crippen molar-refractivity contribution < 1.29 is 18.0 Å². The number of carbonyl (C=O) groups is 2. The average Bonchev–Trinajstić information content (AvgIpc) is 3.21. The van der Waals surface area contributed by atoms with Crippen LogP contribution >= 0.6 is 11.3 Å². The van der Waals surface area contributed by atoms with Gasteiger partial charge in [0.2, 0.25) is 5.91 Å². The van der Waals surface area contributed by atoms with E-state index in [2.05, 4.69) is 10.6 Å². The van der Waals surface area contributed by atoms with Crippen LogP contribution < -0.4 is 10.6 Å². The van der Waals surface area contributed by atoms with E-state index < -0.39 is 10.0 Å². The molecule has 1 aliphatic heterocycles. The molecule has 0 unspecified atom stereocenters. The van der Waals surface area contributed by atoms with E-state index in [-0.39, 0.29) is 22.4 Å². The first-order valence-electron chi connectivity index (χ1n) is 9.65. The molecule has 0 bridgehead atoms. The first kappa shape index (κ1) is 21.5. The minimum absolute atomic E-state index is 0.118. The van der Waals surface area contributed by atoms with Crippen molar-refractivity contribution in [1.82, 2.24) is 14.9 Å². The predicted molar refractivity (Wildman–Crippen MR) is 112 cm³/mol. The van der Waals surface area contributed by atoms with E-state index in [1.165, 1.54) is 4.31 Å². The van der Waals surface area contributed by atoms with Crippen LogP contribution in [0.4, 0.5) is 0 Å². The van der Waals surface area contributed by atoms with Crippen LogP contribution in [0.25, 0.3) is 0 Å². The SMILES string of the molecule is O=C(Cc1ccc(S(=O)(=O)N2CCCCC2)s1)NCCNC(=O)c1ccccc1. The monoisotopic (exact) mass is 435 g/mol. The van der Waals surface area contributed by atoms with Crippen molar-refractivity contribution in [2.45, 2.75) is 29.9 Å². The van der Waals surface area contributed by atoms with Gasteiger partial charge in [0.15, 0.2) is 0 Å². The summed E-state index contributed by atoms with van der Waals surface area (Å²) in [6, 6.07) is 12.1. The molecule has 0 saturated carbocycles. The highest BCUT2D eigenvalue weighted by atomic mass is 32.2. The minimum atomic E-state index is -3.46. The summed E-state index contributed by atoms with van der Waals surface area (Å²) >= 11 is 1.14. The molecule has 29 heavy (non-hydrogen) atoms. The Hall–Kier alpha value is -2.23. The molecule has 0 spiro atoms. The molecule has 2 heterocycles. The van der Waals surface area contributed by atoms with Gasteiger partial charge in [0.1, 0.15) is 4.21 Å². The zero-order chi connectivity index (χ0) is 20.7. The van der Waals surface area contributed by atoms with Gasteiger partial charge >= 0.3 is 0 Å². The summed E-state index contributed by atoms with van der Waals surface area (Å²) in [6.45, 7) is 1.75. The van der Waals surface area contributed by atoms with E-state index >= 15 is 0 Å². The molecule has 1 aromatic carbocycles. The van der Waals surface area contributed by atoms with Crippen molar-refractivity contribution >= 4 is 33.2 Å². The predicted octanol–water partition coefficient (Wildman–Crippen LogP) is 2.01. The normalized spacial score (nSPS) is 15.0. The quantitative estimate of drug-likeness (QED) is 0.620. The number of benzene rings is 1. The van der Waals surface area contributed by atoms with E-state index in [4.69, 9.17) is 0 Å². The summed E-state index contributed by atoms with van der Waals surface area (Å²) < 4.78 is 27.2. The Morgan fingerprint density at radius 2 is 1.62 bits per heavy atom. The molecule has 0 radical (unpaired) electrons. The Bertz CT molecular complexity index is 936. The maximum Gasteiger partial charge on any atom is 0.252 e. The standard InChI is InChI=1S/C20H25N3O4S2/c24-18(21-11-12-22-20(25)16-7-3-1-4-8-16)15-17-9-10-19(28-17)29(26,27)23-13-5-2-6-14-23/h1,3-4,7-10H,2,5-6,11-15H2,(H,21,24)(H,22,25). The van der Waals surface area contributed by atoms with E-state index in [0.717, 1.165) is 30.6 Å². The molecule has 1 aliphatic rings. The number of rotatable bonds is 8. The summed E-state index contributed by atoms with van der Waals surface area (Å²) in [6.07, 6.45) is 2.96. The Balaban J connectivity index is 1.43. The summed E-state index contributed by atoms with van der Waals surface area (Å²) in [5, 5.41) is 5.49. The Morgan fingerprint density at radius 3 is 2.34 bits per heavy atom. The number of nitrogens with zero attached hydrogens (tertiary/aromatic N) is 1. The maximum atomic E-state index is 12.7. The van der Waals surface area contributed by atoms with Crippen molar-refractivity contribution in [3.63, 3.8) is 0 Å². The number of hydrogen-bond acceptors (Lipinski definition) is 5. The molecule has 2 amide bonds. The Labute approximate surface area is 175 Å². The second kappa shape index (κ2) is 10.00. The smallest absolute Gasteiger partial charge is 0.252 e. The summed E-state index contributed by atoms with van der Waals surface area (Å²) in [5.74, 6) is -0.395. The minimum Gasteiger partial charge on any atom is -0.354 e. The number of sulfonamides is 1. The van der Waals surface area contributed by atoms with Crippen molar-refractivity contribution in [2.75, 3.05) is 26.2 Å². The van der Waals surface area contributed by atoms with Gasteiger partial charge in [-0.3, -0.25) is 9.59 Å². The number of amides is 2. The fourth-order valence-corrected chi connectivity index (χ4v) is 6.14. The molecular formula is C20H25N3O4S2. The first-order chi connectivity index (χ1) is 14.0. The molecule has 7 nitrogen and oxygen atoms in total. The molecule has 2 aromatic rings. The molecule has 3 rings (SSSR count). The highest BCUT2D eigenvalue weighted by molar-refractivity contribution is 7.91. The van der Waals surface area contributed by atoms with Crippen molar-refractivity contribution in [1.29, 1.82) is 0 Å². The number of piperidine rings is 1. The van der Waals surface area contributed by atoms with Crippen LogP contribution in [0.2, 0.25) is 0 Å².